The summed E-state index contributed by atoms with van der Waals surface area (Å²) in [5, 5.41) is 131. The Morgan fingerprint density at radius 2 is 1.29 bits per heavy atom. The minimum absolute atomic E-state index is 0.0506. The quantitative estimate of drug-likeness (QED) is 0.0276. The van der Waals surface area contributed by atoms with E-state index in [0.717, 1.165) is 53.6 Å². The predicted octanol–water partition coefficient (Wildman–Crippen LogP) is 7.47. The minimum Gasteiger partial charge on any atom is -0.508 e. The third kappa shape index (κ3) is 22.0. The summed E-state index contributed by atoms with van der Waals surface area (Å²) in [5.74, 6) is -20.4. The van der Waals surface area contributed by atoms with Crippen LogP contribution in [0.2, 0.25) is 15.1 Å². The first kappa shape index (κ1) is 98.8. The summed E-state index contributed by atoms with van der Waals surface area (Å²) >= 11 is 20.9. The van der Waals surface area contributed by atoms with E-state index in [0.29, 0.717) is 17.0 Å². The number of halogens is 3. The number of aliphatic hydroxyl groups is 6. The summed E-state index contributed by atoms with van der Waals surface area (Å²) in [6.45, 7) is 10.1. The van der Waals surface area contributed by atoms with Crippen LogP contribution in [-0.4, -0.2) is 221 Å². The average molecular weight is 1890 g/mol. The lowest BCUT2D eigenvalue weighted by molar-refractivity contribution is -0.334. The van der Waals surface area contributed by atoms with Crippen molar-refractivity contribution >= 4 is 87.8 Å². The number of benzene rings is 7. The number of carbonyl (C=O) groups is 9. The van der Waals surface area contributed by atoms with Gasteiger partial charge in [-0.3, -0.25) is 33.6 Å². The molecule has 16 unspecified atom stereocenters. The molecule has 708 valence electrons. The molecule has 3 saturated heterocycles. The van der Waals surface area contributed by atoms with E-state index in [-0.39, 0.29) is 65.8 Å². The fourth-order valence-electron chi connectivity index (χ4n) is 17.4. The van der Waals surface area contributed by atoms with Crippen molar-refractivity contribution in [3.8, 4) is 68.2 Å². The monoisotopic (exact) mass is 1890 g/mol. The highest BCUT2D eigenvalue weighted by Crippen LogP contribution is 2.51. The number of carboxylic acids is 1. The Hall–Kier alpha value is -10.7. The van der Waals surface area contributed by atoms with Crippen molar-refractivity contribution in [2.24, 2.45) is 29.2 Å². The molecule has 11 bridgehead atoms. The maximum atomic E-state index is 16.7. The molecule has 15 rings (SSSR count). The molecule has 8 aliphatic heterocycles. The Morgan fingerprint density at radius 1 is 0.667 bits per heavy atom. The highest BCUT2D eigenvalue weighted by Gasteiger charge is 2.54. The molecule has 132 heavy (non-hydrogen) atoms. The van der Waals surface area contributed by atoms with Gasteiger partial charge in [0.2, 0.25) is 41.6 Å². The number of Topliss-reactive ketones (excluding diaryl/α,β-unsaturated/α-hetero) is 2. The van der Waals surface area contributed by atoms with Crippen LogP contribution in [0, 0.1) is 17.8 Å². The number of ketones is 2. The Morgan fingerprint density at radius 3 is 1.89 bits per heavy atom. The predicted molar refractivity (Wildman–Crippen MR) is 471 cm³/mol. The molecule has 3 fully saturated rings. The average Bonchev–Trinajstić information content (AvgIpc) is 0.766. The van der Waals surface area contributed by atoms with Gasteiger partial charge in [-0.2, -0.15) is 0 Å². The normalized spacial score (nSPS) is 29.1. The van der Waals surface area contributed by atoms with E-state index in [2.05, 4.69) is 26.6 Å². The zero-order valence-electron chi connectivity index (χ0n) is 72.9. The summed E-state index contributed by atoms with van der Waals surface area (Å²) in [6.07, 6.45) is -26.7. The number of phenols is 3. The number of methoxy groups -OCH3 is 1. The summed E-state index contributed by atoms with van der Waals surface area (Å²) < 4.78 is 64.4. The Bertz CT molecular complexity index is 5480. The van der Waals surface area contributed by atoms with Crippen molar-refractivity contribution in [1.29, 1.82) is 0 Å². The van der Waals surface area contributed by atoms with Crippen molar-refractivity contribution < 1.29 is 142 Å². The number of carbonyl (C=O) groups excluding carboxylic acids is 8. The van der Waals surface area contributed by atoms with Gasteiger partial charge in [-0.15, -0.1) is 0 Å². The summed E-state index contributed by atoms with van der Waals surface area (Å²) in [7, 11) is 1.17. The number of rotatable bonds is 23. The van der Waals surface area contributed by atoms with E-state index in [1.807, 2.05) is 50.2 Å². The first-order valence-electron chi connectivity index (χ1n) is 42.9. The molecular formula is C93H106Cl3N7O29. The standard InChI is InChI=1S/C93H106Cl3N7O29/c1-9-44(24-40(2)3)85(116)102-75-61(108)28-51(31-69(97)110)86(117)100-73-50-29-65(127-63-22-17-48(77(75)111)26-57(63)95)81(132-91-82(79(113)78(112)68(38-104)129-91)131-71-36-93(7,84(115)42(5)126-71)99-37-67(90(122)123-8)124-39-43-10-12-45(13-11-43)46-14-19-52(94)20-15-46)66(30-50)128-64-23-18-49(27-58(64)96)80(130-70-35-92(6,98)83(114)41(4)125-70)76-88(119)101-74(89(120)121)56-32-53(105)33-60(107)72(56)55-25-47(16-21-59(55)106)54(34-62(73)109)87(118)103-76/h10-23,25-27,29-30,32-33,40-42,44,51,54,67-68,70-71,73-80,82-84,91,99,104-107,111-115H,9,24,28,31,34-39,98H2,1-8H3,(H2,97,110)(H,100,117)(H,101,119)(H,102,116)(H,103,118)(H,120,121)/t41?,42?,44-,51+,54?,67?,68?,70?,71?,73-,74-,75?,76+,77-,78?,79?,80-,82?,83?,84?,91?,92?,93?/m1/s1. The molecule has 23 atom stereocenters. The lowest BCUT2D eigenvalue weighted by Crippen LogP contribution is -2.66. The molecule has 5 amide bonds. The molecule has 39 heteroatoms. The second-order valence-corrected chi connectivity index (χ2v) is 36.2. The topological polar surface area (TPSA) is 560 Å². The van der Waals surface area contributed by atoms with Crippen LogP contribution in [0.4, 0.5) is 0 Å². The number of primary amides is 1. The first-order valence-corrected chi connectivity index (χ1v) is 44.0. The number of nitrogens with two attached hydrogens (primary N) is 2. The number of hydrogen-bond acceptors (Lipinski definition) is 30. The number of fused-ring (bicyclic) bond motifs is 15. The summed E-state index contributed by atoms with van der Waals surface area (Å²) in [6, 6.07) is 20.3. The SMILES string of the molecule is CC[C@H](CC(C)C)C(=O)NC1C(=O)C[C@@H](CC(N)=O)C(=O)N[C@H]2C(=O)CC3C(=O)N[C@H](C(=O)N[C@@H](C(=O)O)c4cc(O)cc(O)c4-c4cc3ccc4O)[C@H](OC3CC(C)(N)C(O)C(C)O3)c3ccc(c(Cl)c3)Oc3cc2cc(c3OC2OC(CO)C(O)C(O)C2OC2CC(C)(NCC(OCc3ccc(-c4ccc(Cl)cc4)cc3)C(=O)OC)C(O)C(C)O2)Oc2ccc(cc2Cl)[C@H]1O. The van der Waals surface area contributed by atoms with Gasteiger partial charge in [0.1, 0.15) is 77.4 Å². The number of nitrogens with one attached hydrogen (secondary N) is 5. The van der Waals surface area contributed by atoms with Crippen LogP contribution in [-0.2, 0) is 82.9 Å². The molecule has 0 radical (unpaired) electrons. The minimum atomic E-state index is -2.30. The molecule has 0 aliphatic carbocycles. The van der Waals surface area contributed by atoms with E-state index in [1.165, 1.54) is 64.3 Å². The second-order valence-electron chi connectivity index (χ2n) is 34.9. The van der Waals surface area contributed by atoms with Gasteiger partial charge in [0, 0.05) is 83.4 Å². The van der Waals surface area contributed by atoms with Gasteiger partial charge >= 0.3 is 11.9 Å². The third-order valence-corrected chi connectivity index (χ3v) is 25.5. The van der Waals surface area contributed by atoms with E-state index in [1.54, 1.807) is 26.0 Å². The molecule has 7 aromatic carbocycles. The van der Waals surface area contributed by atoms with Gasteiger partial charge < -0.3 is 136 Å². The summed E-state index contributed by atoms with van der Waals surface area (Å²) in [5.41, 5.74) is 9.59. The number of esters is 1. The fourth-order valence-corrected chi connectivity index (χ4v) is 18.0. The number of phenolic OH excluding ortho intramolecular Hbond substituents is 3. The van der Waals surface area contributed by atoms with Crippen LogP contribution in [0.25, 0.3) is 22.3 Å². The number of amides is 5. The Kier molecular flexibility index (Phi) is 31.0. The molecular weight excluding hydrogens is 1790 g/mol. The van der Waals surface area contributed by atoms with Gasteiger partial charge in [0.15, 0.2) is 53.9 Å². The molecule has 8 heterocycles. The second kappa shape index (κ2) is 41.4. The van der Waals surface area contributed by atoms with E-state index in [9.17, 15) is 70.2 Å². The molecule has 19 N–H and O–H groups in total. The molecule has 0 spiro atoms. The maximum Gasteiger partial charge on any atom is 0.336 e. The fraction of sp³-hybridized carbons (Fsp3) is 0.452. The lowest BCUT2D eigenvalue weighted by atomic mass is 9.84. The maximum absolute atomic E-state index is 16.7. The van der Waals surface area contributed by atoms with Gasteiger partial charge in [-0.1, -0.05) is 110 Å². The van der Waals surface area contributed by atoms with Gasteiger partial charge in [-0.05, 0) is 152 Å². The number of aliphatic hydroxyl groups excluding tert-OH is 6. The highest BCUT2D eigenvalue weighted by atomic mass is 35.5. The van der Waals surface area contributed by atoms with Crippen molar-refractivity contribution in [2.45, 2.75) is 227 Å². The molecule has 36 nitrogen and oxygen atoms in total. The van der Waals surface area contributed by atoms with E-state index in [4.69, 9.17) is 93.6 Å². The van der Waals surface area contributed by atoms with Gasteiger partial charge in [-0.25, -0.2) is 9.59 Å². The van der Waals surface area contributed by atoms with Crippen LogP contribution in [0.5, 0.6) is 46.0 Å². The van der Waals surface area contributed by atoms with E-state index < -0.39 is 285 Å². The van der Waals surface area contributed by atoms with Crippen molar-refractivity contribution in [3.05, 3.63) is 176 Å². The van der Waals surface area contributed by atoms with Gasteiger partial charge in [0.05, 0.1) is 66.6 Å². The Balaban J connectivity index is 0.988. The Labute approximate surface area is 772 Å². The van der Waals surface area contributed by atoms with Gasteiger partial charge in [0.25, 0.3) is 0 Å². The number of ether oxygens (including phenoxy) is 10. The van der Waals surface area contributed by atoms with E-state index >= 15 is 24.0 Å². The molecule has 0 aromatic heterocycles. The van der Waals surface area contributed by atoms with Crippen LogP contribution < -0.4 is 52.3 Å². The van der Waals surface area contributed by atoms with Crippen molar-refractivity contribution in [1.82, 2.24) is 26.6 Å². The van der Waals surface area contributed by atoms with Crippen LogP contribution in [0.1, 0.15) is 157 Å². The largest absolute Gasteiger partial charge is 0.508 e. The van der Waals surface area contributed by atoms with Crippen LogP contribution >= 0.6 is 34.8 Å². The molecule has 8 aliphatic rings. The first-order chi connectivity index (χ1) is 62.5. The number of aromatic hydroxyl groups is 3. The summed E-state index contributed by atoms with van der Waals surface area (Å²) in [4.78, 5) is 135. The molecule has 7 aromatic rings. The zero-order valence-corrected chi connectivity index (χ0v) is 75.2. The van der Waals surface area contributed by atoms with Crippen LogP contribution in [0.3, 0.4) is 0 Å². The number of carboxylic acid groups (broad SMARTS) is 1. The lowest BCUT2D eigenvalue weighted by Gasteiger charge is -2.48. The van der Waals surface area contributed by atoms with Crippen molar-refractivity contribution in [3.63, 3.8) is 0 Å². The number of aliphatic carboxylic acids is 1. The number of hydrogen-bond donors (Lipinski definition) is 17. The highest BCUT2D eigenvalue weighted by molar-refractivity contribution is 6.32. The smallest absolute Gasteiger partial charge is 0.336 e. The molecule has 0 saturated carbocycles. The van der Waals surface area contributed by atoms with Crippen LogP contribution in [0.15, 0.2) is 127 Å². The van der Waals surface area contributed by atoms with Crippen molar-refractivity contribution in [2.75, 3.05) is 20.3 Å². The zero-order chi connectivity index (χ0) is 95.5. The third-order valence-electron chi connectivity index (χ3n) is 24.7.